The van der Waals surface area contributed by atoms with E-state index in [2.05, 4.69) is 9.97 Å². The highest BCUT2D eigenvalue weighted by Crippen LogP contribution is 2.30. The fourth-order valence-electron chi connectivity index (χ4n) is 2.77. The molecule has 1 aliphatic rings. The van der Waals surface area contributed by atoms with E-state index in [1.54, 1.807) is 18.6 Å². The molecule has 2 heterocycles. The zero-order valence-electron chi connectivity index (χ0n) is 12.4. The number of amides is 1. The summed E-state index contributed by atoms with van der Waals surface area (Å²) in [4.78, 5) is 22.8. The Kier molecular flexibility index (Phi) is 4.63. The molecule has 2 aromatic rings. The van der Waals surface area contributed by atoms with Crippen LogP contribution in [0.3, 0.4) is 0 Å². The van der Waals surface area contributed by atoms with Crippen LogP contribution < -0.4 is 4.74 Å². The number of rotatable bonds is 5. The van der Waals surface area contributed by atoms with Gasteiger partial charge >= 0.3 is 0 Å². The number of benzene rings is 1. The van der Waals surface area contributed by atoms with Crippen LogP contribution in [0.4, 0.5) is 0 Å². The topological polar surface area (TPSA) is 55.3 Å². The van der Waals surface area contributed by atoms with E-state index >= 15 is 0 Å². The van der Waals surface area contributed by atoms with Crippen LogP contribution in [0.2, 0.25) is 0 Å². The van der Waals surface area contributed by atoms with Crippen LogP contribution in [-0.4, -0.2) is 33.9 Å². The number of hydrogen-bond donors (Lipinski definition) is 0. The van der Waals surface area contributed by atoms with Gasteiger partial charge in [-0.25, -0.2) is 0 Å². The minimum atomic E-state index is 0.0536. The molecule has 1 aliphatic heterocycles. The van der Waals surface area contributed by atoms with Gasteiger partial charge in [0, 0.05) is 18.9 Å². The molecular weight excluding hydrogens is 278 g/mol. The lowest BCUT2D eigenvalue weighted by Crippen LogP contribution is -2.32. The highest BCUT2D eigenvalue weighted by molar-refractivity contribution is 5.77. The third-order valence-corrected chi connectivity index (χ3v) is 3.83. The van der Waals surface area contributed by atoms with Crippen LogP contribution in [-0.2, 0) is 4.79 Å². The lowest BCUT2D eigenvalue weighted by molar-refractivity contribution is -0.132. The lowest BCUT2D eigenvalue weighted by Gasteiger charge is -2.24. The molecule has 0 N–H and O–H groups in total. The standard InChI is InChI=1S/C17H19N3O2/c21-17(8-12-22-14-5-2-1-3-6-14)20-11-4-7-16(20)15-13-18-9-10-19-15/h1-3,5-6,9-10,13,16H,4,7-8,11-12H2/t16-/m1/s1. The zero-order chi connectivity index (χ0) is 15.2. The van der Waals surface area contributed by atoms with Crippen molar-refractivity contribution in [2.75, 3.05) is 13.2 Å². The first-order valence-electron chi connectivity index (χ1n) is 7.58. The molecule has 0 saturated carbocycles. The van der Waals surface area contributed by atoms with Crippen LogP contribution in [0.5, 0.6) is 5.75 Å². The average Bonchev–Trinajstić information content (AvgIpc) is 3.06. The second kappa shape index (κ2) is 7.02. The van der Waals surface area contributed by atoms with Gasteiger partial charge in [-0.2, -0.15) is 0 Å². The van der Waals surface area contributed by atoms with Crippen molar-refractivity contribution in [1.29, 1.82) is 0 Å². The predicted octanol–water partition coefficient (Wildman–Crippen LogP) is 2.61. The number of aromatic nitrogens is 2. The normalized spacial score (nSPS) is 17.5. The molecule has 1 saturated heterocycles. The third-order valence-electron chi connectivity index (χ3n) is 3.83. The largest absolute Gasteiger partial charge is 0.493 e. The fraction of sp³-hybridized carbons (Fsp3) is 0.353. The summed E-state index contributed by atoms with van der Waals surface area (Å²) in [6.45, 7) is 1.18. The summed E-state index contributed by atoms with van der Waals surface area (Å²) in [5, 5.41) is 0. The fourth-order valence-corrected chi connectivity index (χ4v) is 2.77. The molecule has 22 heavy (non-hydrogen) atoms. The summed E-state index contributed by atoms with van der Waals surface area (Å²) in [6, 6.07) is 9.61. The number of para-hydroxylation sites is 1. The molecular formula is C17H19N3O2. The van der Waals surface area contributed by atoms with Crippen molar-refractivity contribution in [3.63, 3.8) is 0 Å². The van der Waals surface area contributed by atoms with Gasteiger partial charge in [0.15, 0.2) is 0 Å². The van der Waals surface area contributed by atoms with Crippen LogP contribution in [0.15, 0.2) is 48.9 Å². The summed E-state index contributed by atoms with van der Waals surface area (Å²) >= 11 is 0. The molecule has 5 nitrogen and oxygen atoms in total. The Morgan fingerprint density at radius 2 is 2.14 bits per heavy atom. The van der Waals surface area contributed by atoms with Crippen LogP contribution in [0, 0.1) is 0 Å². The Bertz CT molecular complexity index is 604. The van der Waals surface area contributed by atoms with Crippen molar-refractivity contribution < 1.29 is 9.53 Å². The molecule has 1 amide bonds. The maximum absolute atomic E-state index is 12.4. The van der Waals surface area contributed by atoms with E-state index in [9.17, 15) is 4.79 Å². The Balaban J connectivity index is 1.55. The molecule has 0 spiro atoms. The molecule has 114 valence electrons. The van der Waals surface area contributed by atoms with Crippen LogP contribution in [0.25, 0.3) is 0 Å². The zero-order valence-corrected chi connectivity index (χ0v) is 12.4. The van der Waals surface area contributed by atoms with Gasteiger partial charge in [-0.05, 0) is 25.0 Å². The number of nitrogens with zero attached hydrogens (tertiary/aromatic N) is 3. The monoisotopic (exact) mass is 297 g/mol. The number of carbonyl (C=O) groups is 1. The van der Waals surface area contributed by atoms with E-state index in [1.165, 1.54) is 0 Å². The minimum absolute atomic E-state index is 0.0536. The molecule has 0 bridgehead atoms. The van der Waals surface area contributed by atoms with E-state index in [0.717, 1.165) is 30.8 Å². The SMILES string of the molecule is O=C(CCOc1ccccc1)N1CCC[C@@H]1c1cnccn1. The van der Waals surface area contributed by atoms with Gasteiger partial charge in [0.05, 0.1) is 31.0 Å². The van der Waals surface area contributed by atoms with Gasteiger partial charge in [-0.15, -0.1) is 0 Å². The maximum atomic E-state index is 12.4. The van der Waals surface area contributed by atoms with E-state index < -0.39 is 0 Å². The van der Waals surface area contributed by atoms with Gasteiger partial charge in [0.2, 0.25) is 5.91 Å². The first-order chi connectivity index (χ1) is 10.8. The van der Waals surface area contributed by atoms with E-state index in [0.29, 0.717) is 13.0 Å². The average molecular weight is 297 g/mol. The quantitative estimate of drug-likeness (QED) is 0.851. The second-order valence-electron chi connectivity index (χ2n) is 5.29. The minimum Gasteiger partial charge on any atom is -0.493 e. The van der Waals surface area contributed by atoms with E-state index in [1.807, 2.05) is 35.2 Å². The molecule has 0 aliphatic carbocycles. The Morgan fingerprint density at radius 1 is 1.27 bits per heavy atom. The van der Waals surface area contributed by atoms with Crippen molar-refractivity contribution in [1.82, 2.24) is 14.9 Å². The Morgan fingerprint density at radius 3 is 2.91 bits per heavy atom. The summed E-state index contributed by atoms with van der Waals surface area (Å²) in [7, 11) is 0. The number of hydrogen-bond acceptors (Lipinski definition) is 4. The summed E-state index contributed by atoms with van der Waals surface area (Å²) < 4.78 is 5.60. The molecule has 0 unspecified atom stereocenters. The van der Waals surface area contributed by atoms with Crippen molar-refractivity contribution in [2.45, 2.75) is 25.3 Å². The van der Waals surface area contributed by atoms with Gasteiger partial charge in [-0.1, -0.05) is 18.2 Å². The molecule has 1 aromatic carbocycles. The summed E-state index contributed by atoms with van der Waals surface area (Å²) in [5.74, 6) is 0.909. The van der Waals surface area contributed by atoms with E-state index in [-0.39, 0.29) is 11.9 Å². The number of ether oxygens (including phenoxy) is 1. The molecule has 1 fully saturated rings. The van der Waals surface area contributed by atoms with Crippen LogP contribution >= 0.6 is 0 Å². The van der Waals surface area contributed by atoms with Gasteiger partial charge < -0.3 is 9.64 Å². The molecule has 3 rings (SSSR count). The van der Waals surface area contributed by atoms with Crippen molar-refractivity contribution in [2.24, 2.45) is 0 Å². The van der Waals surface area contributed by atoms with Crippen LogP contribution in [0.1, 0.15) is 31.0 Å². The van der Waals surface area contributed by atoms with Gasteiger partial charge in [-0.3, -0.25) is 14.8 Å². The predicted molar refractivity (Wildman–Crippen MR) is 82.3 cm³/mol. The number of carbonyl (C=O) groups excluding carboxylic acids is 1. The van der Waals surface area contributed by atoms with Gasteiger partial charge in [0.25, 0.3) is 0 Å². The first kappa shape index (κ1) is 14.5. The van der Waals surface area contributed by atoms with Crippen molar-refractivity contribution >= 4 is 5.91 Å². The van der Waals surface area contributed by atoms with Crippen molar-refractivity contribution in [3.8, 4) is 5.75 Å². The lowest BCUT2D eigenvalue weighted by atomic mass is 10.1. The number of likely N-dealkylation sites (tertiary alicyclic amines) is 1. The first-order valence-corrected chi connectivity index (χ1v) is 7.58. The Hall–Kier alpha value is -2.43. The molecule has 1 atom stereocenters. The summed E-state index contributed by atoms with van der Waals surface area (Å²) in [5.41, 5.74) is 0.873. The smallest absolute Gasteiger partial charge is 0.226 e. The van der Waals surface area contributed by atoms with E-state index in [4.69, 9.17) is 4.74 Å². The maximum Gasteiger partial charge on any atom is 0.226 e. The Labute approximate surface area is 130 Å². The molecule has 0 radical (unpaired) electrons. The second-order valence-corrected chi connectivity index (χ2v) is 5.29. The third kappa shape index (κ3) is 3.42. The van der Waals surface area contributed by atoms with Gasteiger partial charge in [0.1, 0.15) is 5.75 Å². The van der Waals surface area contributed by atoms with Crippen molar-refractivity contribution in [3.05, 3.63) is 54.6 Å². The molecule has 5 heteroatoms. The summed E-state index contributed by atoms with van der Waals surface area (Å²) in [6.07, 6.45) is 7.41. The molecule has 1 aromatic heterocycles. The highest BCUT2D eigenvalue weighted by Gasteiger charge is 2.30. The highest BCUT2D eigenvalue weighted by atomic mass is 16.5.